The van der Waals surface area contributed by atoms with Gasteiger partial charge in [0.05, 0.1) is 0 Å². The lowest BCUT2D eigenvalue weighted by molar-refractivity contribution is -0.131. The van der Waals surface area contributed by atoms with Gasteiger partial charge >= 0.3 is 0 Å². The first-order valence-corrected chi connectivity index (χ1v) is 6.78. The first-order chi connectivity index (χ1) is 9.65. The highest BCUT2D eigenvalue weighted by atomic mass is 16.2. The van der Waals surface area contributed by atoms with Crippen LogP contribution in [-0.2, 0) is 4.79 Å². The number of amides is 1. The van der Waals surface area contributed by atoms with Crippen molar-refractivity contribution >= 4 is 22.9 Å². The average molecular weight is 273 g/mol. The van der Waals surface area contributed by atoms with Crippen LogP contribution in [0.3, 0.4) is 0 Å². The first kappa shape index (κ1) is 14.2. The van der Waals surface area contributed by atoms with Crippen molar-refractivity contribution in [1.29, 1.82) is 0 Å². The number of anilines is 1. The summed E-state index contributed by atoms with van der Waals surface area (Å²) in [6.45, 7) is 7.19. The molecule has 0 saturated heterocycles. The van der Waals surface area contributed by atoms with Gasteiger partial charge in [0.2, 0.25) is 5.91 Å². The number of rotatable bonds is 5. The molecule has 1 amide bonds. The topological polar surface area (TPSA) is 71.0 Å². The lowest BCUT2D eigenvalue weighted by Gasteiger charge is -2.23. The fourth-order valence-electron chi connectivity index (χ4n) is 2.03. The molecule has 2 aromatic rings. The van der Waals surface area contributed by atoms with Gasteiger partial charge in [0.15, 0.2) is 5.65 Å². The minimum atomic E-state index is -0.323. The summed E-state index contributed by atoms with van der Waals surface area (Å²) in [6, 6.07) is 3.33. The summed E-state index contributed by atoms with van der Waals surface area (Å²) >= 11 is 0. The molecule has 0 bridgehead atoms. The number of nitrogens with one attached hydrogen (secondary N) is 1. The molecule has 0 radical (unpaired) electrons. The molecule has 0 spiro atoms. The van der Waals surface area contributed by atoms with Crippen LogP contribution in [-0.4, -0.2) is 44.9 Å². The monoisotopic (exact) mass is 273 g/mol. The van der Waals surface area contributed by atoms with Crippen molar-refractivity contribution in [3.63, 3.8) is 0 Å². The van der Waals surface area contributed by atoms with Crippen molar-refractivity contribution in [1.82, 2.24) is 19.9 Å². The second-order valence-corrected chi connectivity index (χ2v) is 4.47. The van der Waals surface area contributed by atoms with Gasteiger partial charge in [-0.3, -0.25) is 9.78 Å². The van der Waals surface area contributed by atoms with E-state index < -0.39 is 0 Å². The van der Waals surface area contributed by atoms with Crippen molar-refractivity contribution in [2.75, 3.05) is 18.4 Å². The molecule has 6 heteroatoms. The van der Waals surface area contributed by atoms with E-state index in [4.69, 9.17) is 0 Å². The smallest absolute Gasteiger partial charge is 0.244 e. The summed E-state index contributed by atoms with van der Waals surface area (Å²) in [5, 5.41) is 3.11. The molecule has 1 atom stereocenters. The number of hydrogen-bond acceptors (Lipinski definition) is 5. The van der Waals surface area contributed by atoms with Crippen molar-refractivity contribution in [3.8, 4) is 0 Å². The average Bonchev–Trinajstić information content (AvgIpc) is 2.48. The Morgan fingerprint density at radius 3 is 2.65 bits per heavy atom. The highest BCUT2D eigenvalue weighted by Crippen LogP contribution is 2.11. The summed E-state index contributed by atoms with van der Waals surface area (Å²) in [6.07, 6.45) is 3.23. The zero-order chi connectivity index (χ0) is 14.5. The molecule has 0 aliphatic heterocycles. The Hall–Kier alpha value is -2.24. The Kier molecular flexibility index (Phi) is 4.45. The molecular weight excluding hydrogens is 254 g/mol. The lowest BCUT2D eigenvalue weighted by Crippen LogP contribution is -2.41. The minimum absolute atomic E-state index is 0.0658. The van der Waals surface area contributed by atoms with Crippen LogP contribution in [0.25, 0.3) is 11.2 Å². The Morgan fingerprint density at radius 1 is 1.25 bits per heavy atom. The Labute approximate surface area is 118 Å². The van der Waals surface area contributed by atoms with Crippen LogP contribution in [0.1, 0.15) is 20.8 Å². The SMILES string of the molecule is CCN(CC)C(=O)C(C)Nc1ccc2nccnc2n1. The van der Waals surface area contributed by atoms with Gasteiger partial charge in [-0.2, -0.15) is 0 Å². The van der Waals surface area contributed by atoms with E-state index >= 15 is 0 Å². The van der Waals surface area contributed by atoms with Crippen LogP contribution in [0.2, 0.25) is 0 Å². The molecule has 20 heavy (non-hydrogen) atoms. The van der Waals surface area contributed by atoms with Gasteiger partial charge in [0, 0.05) is 25.5 Å². The third-order valence-corrected chi connectivity index (χ3v) is 3.14. The fraction of sp³-hybridized carbons (Fsp3) is 0.429. The molecule has 0 fully saturated rings. The molecule has 1 unspecified atom stereocenters. The second-order valence-electron chi connectivity index (χ2n) is 4.47. The van der Waals surface area contributed by atoms with Gasteiger partial charge in [-0.05, 0) is 32.9 Å². The van der Waals surface area contributed by atoms with Crippen molar-refractivity contribution in [2.45, 2.75) is 26.8 Å². The predicted molar refractivity (Wildman–Crippen MR) is 78.3 cm³/mol. The second kappa shape index (κ2) is 6.27. The zero-order valence-corrected chi connectivity index (χ0v) is 12.0. The molecule has 106 valence electrons. The summed E-state index contributed by atoms with van der Waals surface area (Å²) < 4.78 is 0. The van der Waals surface area contributed by atoms with E-state index in [1.165, 1.54) is 0 Å². The van der Waals surface area contributed by atoms with Crippen LogP contribution in [0.5, 0.6) is 0 Å². The molecule has 6 nitrogen and oxygen atoms in total. The third kappa shape index (κ3) is 3.01. The maximum Gasteiger partial charge on any atom is 0.244 e. The van der Waals surface area contributed by atoms with Gasteiger partial charge in [-0.1, -0.05) is 0 Å². The van der Waals surface area contributed by atoms with E-state index in [0.29, 0.717) is 24.6 Å². The van der Waals surface area contributed by atoms with E-state index in [0.717, 1.165) is 5.52 Å². The molecule has 2 heterocycles. The predicted octanol–water partition coefficient (Wildman–Crippen LogP) is 1.69. The summed E-state index contributed by atoms with van der Waals surface area (Å²) in [4.78, 5) is 26.6. The molecule has 0 saturated carbocycles. The van der Waals surface area contributed by atoms with Gasteiger partial charge < -0.3 is 10.2 Å². The minimum Gasteiger partial charge on any atom is -0.359 e. The Balaban J connectivity index is 2.13. The number of hydrogen-bond donors (Lipinski definition) is 1. The van der Waals surface area contributed by atoms with E-state index in [2.05, 4.69) is 20.3 Å². The normalized spacial score (nSPS) is 12.2. The number of aromatic nitrogens is 3. The van der Waals surface area contributed by atoms with Crippen molar-refractivity contribution in [3.05, 3.63) is 24.5 Å². The molecule has 2 aromatic heterocycles. The van der Waals surface area contributed by atoms with E-state index in [9.17, 15) is 4.79 Å². The molecule has 0 aromatic carbocycles. The van der Waals surface area contributed by atoms with Crippen molar-refractivity contribution in [2.24, 2.45) is 0 Å². The molecule has 1 N–H and O–H groups in total. The molecule has 2 rings (SSSR count). The van der Waals surface area contributed by atoms with Gasteiger partial charge in [-0.25, -0.2) is 9.97 Å². The van der Waals surface area contributed by atoms with E-state index in [1.54, 1.807) is 17.3 Å². The Bertz CT molecular complexity index is 597. The van der Waals surface area contributed by atoms with Gasteiger partial charge in [-0.15, -0.1) is 0 Å². The number of carbonyl (C=O) groups is 1. The number of fused-ring (bicyclic) bond motifs is 1. The van der Waals surface area contributed by atoms with E-state index in [-0.39, 0.29) is 11.9 Å². The standard InChI is InChI=1S/C14H19N5O/c1-4-19(5-2)14(20)10(3)17-12-7-6-11-13(18-12)16-9-8-15-11/h6-10H,4-5H2,1-3H3,(H,16,17,18). The Morgan fingerprint density at radius 2 is 1.95 bits per heavy atom. The molecule has 0 aliphatic rings. The van der Waals surface area contributed by atoms with Gasteiger partial charge in [0.25, 0.3) is 0 Å². The highest BCUT2D eigenvalue weighted by Gasteiger charge is 2.18. The summed E-state index contributed by atoms with van der Waals surface area (Å²) in [5.41, 5.74) is 1.31. The number of nitrogens with zero attached hydrogens (tertiary/aromatic N) is 4. The maximum absolute atomic E-state index is 12.2. The fourth-order valence-corrected chi connectivity index (χ4v) is 2.03. The molecule has 0 aliphatic carbocycles. The third-order valence-electron chi connectivity index (χ3n) is 3.14. The van der Waals surface area contributed by atoms with E-state index in [1.807, 2.05) is 32.9 Å². The first-order valence-electron chi connectivity index (χ1n) is 6.78. The van der Waals surface area contributed by atoms with Crippen LogP contribution >= 0.6 is 0 Å². The van der Waals surface area contributed by atoms with Crippen LogP contribution in [0.15, 0.2) is 24.5 Å². The lowest BCUT2D eigenvalue weighted by atomic mass is 10.2. The maximum atomic E-state index is 12.2. The van der Waals surface area contributed by atoms with Crippen LogP contribution < -0.4 is 5.32 Å². The molecular formula is C14H19N5O. The zero-order valence-electron chi connectivity index (χ0n) is 12.0. The van der Waals surface area contributed by atoms with Crippen molar-refractivity contribution < 1.29 is 4.79 Å². The largest absolute Gasteiger partial charge is 0.359 e. The summed E-state index contributed by atoms with van der Waals surface area (Å²) in [5.74, 6) is 0.696. The van der Waals surface area contributed by atoms with Crippen LogP contribution in [0.4, 0.5) is 5.82 Å². The number of likely N-dealkylation sites (N-methyl/N-ethyl adjacent to an activating group) is 1. The number of pyridine rings is 1. The number of carbonyl (C=O) groups excluding carboxylic acids is 1. The quantitative estimate of drug-likeness (QED) is 0.897. The van der Waals surface area contributed by atoms with Gasteiger partial charge in [0.1, 0.15) is 17.4 Å². The van der Waals surface area contributed by atoms with Crippen LogP contribution in [0, 0.1) is 0 Å². The highest BCUT2D eigenvalue weighted by molar-refractivity contribution is 5.84. The summed E-state index contributed by atoms with van der Waals surface area (Å²) in [7, 11) is 0.